The first-order valence-electron chi connectivity index (χ1n) is 8.04. The Balaban J connectivity index is 1.71. The molecule has 5 nitrogen and oxygen atoms in total. The highest BCUT2D eigenvalue weighted by atomic mass is 19.1. The second kappa shape index (κ2) is 7.31. The zero-order valence-electron chi connectivity index (χ0n) is 13.7. The van der Waals surface area contributed by atoms with Crippen LogP contribution in [0, 0.1) is 23.0 Å². The molecule has 0 radical (unpaired) electrons. The maximum absolute atomic E-state index is 13.7. The Morgan fingerprint density at radius 1 is 1.15 bits per heavy atom. The molecule has 0 saturated carbocycles. The van der Waals surface area contributed by atoms with Crippen LogP contribution in [0.5, 0.6) is 0 Å². The van der Waals surface area contributed by atoms with Crippen LogP contribution in [-0.2, 0) is 0 Å². The van der Waals surface area contributed by atoms with Gasteiger partial charge in [0.25, 0.3) is 11.7 Å². The SMILES string of the molecule is N#CC(=O)c1ccccc1N1CC[C@@H](NC(=O)c2ccc(F)cc2F)C1. The molecule has 0 aliphatic carbocycles. The van der Waals surface area contributed by atoms with E-state index in [0.717, 1.165) is 12.1 Å². The molecule has 26 heavy (non-hydrogen) atoms. The van der Waals surface area contributed by atoms with E-state index >= 15 is 0 Å². The van der Waals surface area contributed by atoms with Crippen molar-refractivity contribution in [1.29, 1.82) is 5.26 Å². The third-order valence-corrected chi connectivity index (χ3v) is 4.29. The van der Waals surface area contributed by atoms with Crippen molar-refractivity contribution in [3.05, 3.63) is 65.2 Å². The molecule has 1 saturated heterocycles. The normalized spacial score (nSPS) is 16.2. The minimum atomic E-state index is -0.915. The molecule has 1 aliphatic rings. The number of carbonyl (C=O) groups is 2. The van der Waals surface area contributed by atoms with E-state index in [1.54, 1.807) is 30.3 Å². The molecule has 1 N–H and O–H groups in total. The van der Waals surface area contributed by atoms with Crippen LogP contribution in [0.15, 0.2) is 42.5 Å². The van der Waals surface area contributed by atoms with Gasteiger partial charge in [-0.3, -0.25) is 9.59 Å². The second-order valence-corrected chi connectivity index (χ2v) is 5.99. The lowest BCUT2D eigenvalue weighted by Crippen LogP contribution is -2.37. The minimum absolute atomic E-state index is 0.218. The molecule has 132 valence electrons. The van der Waals surface area contributed by atoms with Gasteiger partial charge in [-0.25, -0.2) is 8.78 Å². The first-order chi connectivity index (χ1) is 12.5. The summed E-state index contributed by atoms with van der Waals surface area (Å²) in [4.78, 5) is 25.9. The average molecular weight is 355 g/mol. The Kier molecular flexibility index (Phi) is 4.94. The van der Waals surface area contributed by atoms with Crippen LogP contribution >= 0.6 is 0 Å². The van der Waals surface area contributed by atoms with Gasteiger partial charge in [0.1, 0.15) is 17.7 Å². The summed E-state index contributed by atoms with van der Waals surface area (Å²) in [7, 11) is 0. The van der Waals surface area contributed by atoms with E-state index in [1.807, 2.05) is 4.90 Å². The van der Waals surface area contributed by atoms with Crippen molar-refractivity contribution >= 4 is 17.4 Å². The van der Waals surface area contributed by atoms with E-state index in [1.165, 1.54) is 0 Å². The van der Waals surface area contributed by atoms with Crippen molar-refractivity contribution in [1.82, 2.24) is 5.32 Å². The molecule has 1 fully saturated rings. The molecule has 1 atom stereocenters. The standard InChI is InChI=1S/C19H15F2N3O2/c20-12-5-6-14(16(21)9-12)19(26)23-13-7-8-24(11-13)17-4-2-1-3-15(17)18(25)10-22/h1-6,9,13H,7-8,11H2,(H,23,26)/t13-/m1/s1. The predicted molar refractivity (Wildman–Crippen MR) is 90.8 cm³/mol. The van der Waals surface area contributed by atoms with E-state index in [4.69, 9.17) is 5.26 Å². The summed E-state index contributed by atoms with van der Waals surface area (Å²) in [5.74, 6) is -2.90. The molecule has 0 unspecified atom stereocenters. The van der Waals surface area contributed by atoms with Crippen LogP contribution in [0.25, 0.3) is 0 Å². The number of nitriles is 1. The number of Topliss-reactive ketones (excluding diaryl/α,β-unsaturated/α-hetero) is 1. The molecule has 2 aromatic carbocycles. The Bertz CT molecular complexity index is 908. The summed E-state index contributed by atoms with van der Waals surface area (Å²) < 4.78 is 26.7. The molecule has 2 aromatic rings. The lowest BCUT2D eigenvalue weighted by molar-refractivity contribution is 0.0935. The maximum Gasteiger partial charge on any atom is 0.264 e. The number of benzene rings is 2. The van der Waals surface area contributed by atoms with Crippen LogP contribution in [0.4, 0.5) is 14.5 Å². The van der Waals surface area contributed by atoms with Crippen LogP contribution < -0.4 is 10.2 Å². The summed E-state index contributed by atoms with van der Waals surface area (Å²) in [6.45, 7) is 0.997. The number of hydrogen-bond donors (Lipinski definition) is 1. The van der Waals surface area contributed by atoms with Gasteiger partial charge in [-0.1, -0.05) is 12.1 Å². The quantitative estimate of drug-likeness (QED) is 0.676. The van der Waals surface area contributed by atoms with E-state index in [-0.39, 0.29) is 11.6 Å². The average Bonchev–Trinajstić information content (AvgIpc) is 3.09. The molecule has 1 aliphatic heterocycles. The number of rotatable bonds is 4. The van der Waals surface area contributed by atoms with Crippen LogP contribution in [-0.4, -0.2) is 30.8 Å². The minimum Gasteiger partial charge on any atom is -0.369 e. The van der Waals surface area contributed by atoms with Gasteiger partial charge in [-0.05, 0) is 30.7 Å². The Morgan fingerprint density at radius 2 is 1.92 bits per heavy atom. The van der Waals surface area contributed by atoms with Crippen LogP contribution in [0.2, 0.25) is 0 Å². The van der Waals surface area contributed by atoms with Crippen molar-refractivity contribution in [3.8, 4) is 6.07 Å². The molecule has 7 heteroatoms. The van der Waals surface area contributed by atoms with Crippen molar-refractivity contribution in [2.75, 3.05) is 18.0 Å². The lowest BCUT2D eigenvalue weighted by Gasteiger charge is -2.21. The molecular weight excluding hydrogens is 340 g/mol. The number of ketones is 1. The van der Waals surface area contributed by atoms with Crippen LogP contribution in [0.3, 0.4) is 0 Å². The predicted octanol–water partition coefficient (Wildman–Crippen LogP) is 2.68. The Hall–Kier alpha value is -3.27. The topological polar surface area (TPSA) is 73.2 Å². The third kappa shape index (κ3) is 3.54. The molecule has 3 rings (SSSR count). The van der Waals surface area contributed by atoms with Crippen molar-refractivity contribution in [2.24, 2.45) is 0 Å². The Morgan fingerprint density at radius 3 is 2.65 bits per heavy atom. The lowest BCUT2D eigenvalue weighted by atomic mass is 10.1. The number of carbonyl (C=O) groups excluding carboxylic acids is 2. The fraction of sp³-hybridized carbons (Fsp3) is 0.211. The largest absolute Gasteiger partial charge is 0.369 e. The van der Waals surface area contributed by atoms with Gasteiger partial charge in [-0.15, -0.1) is 0 Å². The zero-order chi connectivity index (χ0) is 18.7. The molecular formula is C19H15F2N3O2. The number of anilines is 1. The summed E-state index contributed by atoms with van der Waals surface area (Å²) in [5.41, 5.74) is 0.722. The molecule has 0 aromatic heterocycles. The van der Waals surface area contributed by atoms with E-state index in [2.05, 4.69) is 5.32 Å². The first kappa shape index (κ1) is 17.5. The number of nitrogens with one attached hydrogen (secondary N) is 1. The van der Waals surface area contributed by atoms with E-state index in [9.17, 15) is 18.4 Å². The molecule has 1 heterocycles. The summed E-state index contributed by atoms with van der Waals surface area (Å²) in [6.07, 6.45) is 0.601. The molecule has 1 amide bonds. The highest BCUT2D eigenvalue weighted by molar-refractivity contribution is 6.11. The van der Waals surface area contributed by atoms with Crippen molar-refractivity contribution in [3.63, 3.8) is 0 Å². The number of halogens is 2. The van der Waals surface area contributed by atoms with Gasteiger partial charge in [0.2, 0.25) is 0 Å². The first-order valence-corrected chi connectivity index (χ1v) is 8.04. The van der Waals surface area contributed by atoms with E-state index < -0.39 is 23.3 Å². The Labute approximate surface area is 148 Å². The van der Waals surface area contributed by atoms with E-state index in [0.29, 0.717) is 36.8 Å². The number of para-hydroxylation sites is 1. The van der Waals surface area contributed by atoms with Gasteiger partial charge in [0.15, 0.2) is 0 Å². The van der Waals surface area contributed by atoms with Gasteiger partial charge in [-0.2, -0.15) is 5.26 Å². The maximum atomic E-state index is 13.7. The third-order valence-electron chi connectivity index (χ3n) is 4.29. The van der Waals surface area contributed by atoms with Crippen molar-refractivity contribution in [2.45, 2.75) is 12.5 Å². The monoisotopic (exact) mass is 355 g/mol. The smallest absolute Gasteiger partial charge is 0.264 e. The van der Waals surface area contributed by atoms with Gasteiger partial charge < -0.3 is 10.2 Å². The summed E-state index contributed by atoms with van der Waals surface area (Å²) in [6, 6.07) is 10.9. The second-order valence-electron chi connectivity index (χ2n) is 5.99. The highest BCUT2D eigenvalue weighted by Crippen LogP contribution is 2.25. The summed E-state index contributed by atoms with van der Waals surface area (Å²) >= 11 is 0. The number of amides is 1. The number of hydrogen-bond acceptors (Lipinski definition) is 4. The highest BCUT2D eigenvalue weighted by Gasteiger charge is 2.27. The zero-order valence-corrected chi connectivity index (χ0v) is 13.7. The van der Waals surface area contributed by atoms with Crippen LogP contribution in [0.1, 0.15) is 27.1 Å². The fourth-order valence-electron chi connectivity index (χ4n) is 3.04. The molecule has 0 bridgehead atoms. The fourth-order valence-corrected chi connectivity index (χ4v) is 3.04. The molecule has 0 spiro atoms. The van der Waals surface area contributed by atoms with Gasteiger partial charge >= 0.3 is 0 Å². The van der Waals surface area contributed by atoms with Gasteiger partial charge in [0, 0.05) is 30.9 Å². The summed E-state index contributed by atoms with van der Waals surface area (Å²) in [5, 5.41) is 11.6. The van der Waals surface area contributed by atoms with Gasteiger partial charge in [0.05, 0.1) is 11.1 Å². The van der Waals surface area contributed by atoms with Crippen molar-refractivity contribution < 1.29 is 18.4 Å². The number of nitrogens with zero attached hydrogens (tertiary/aromatic N) is 2.